The fourth-order valence-corrected chi connectivity index (χ4v) is 2.34. The maximum Gasteiger partial charge on any atom is 0.240 e. The lowest BCUT2D eigenvalue weighted by atomic mass is 10.3. The normalized spacial score (nSPS) is 10.9. The topological polar surface area (TPSA) is 101 Å². The Labute approximate surface area is 111 Å². The van der Waals surface area contributed by atoms with E-state index in [1.165, 1.54) is 31.2 Å². The van der Waals surface area contributed by atoms with E-state index in [-0.39, 0.29) is 22.3 Å². The van der Waals surface area contributed by atoms with Crippen LogP contribution in [-0.4, -0.2) is 25.9 Å². The van der Waals surface area contributed by atoms with Gasteiger partial charge in [0.1, 0.15) is 0 Å². The molecule has 1 amide bonds. The van der Waals surface area contributed by atoms with Crippen LogP contribution in [0.2, 0.25) is 0 Å². The summed E-state index contributed by atoms with van der Waals surface area (Å²) in [6, 6.07) is 5.76. The zero-order valence-corrected chi connectivity index (χ0v) is 11.3. The van der Waals surface area contributed by atoms with E-state index in [0.717, 1.165) is 0 Å². The Morgan fingerprint density at radius 2 is 1.89 bits per heavy atom. The van der Waals surface area contributed by atoms with Crippen molar-refractivity contribution in [2.45, 2.75) is 11.8 Å². The van der Waals surface area contributed by atoms with E-state index in [0.29, 0.717) is 5.69 Å². The number of thiocarbonyl (C=S) groups is 1. The standard InChI is InChI=1S/C10H13N3O3S2/c1-7(14)13-8-2-4-9(5-3-8)18(15,16)12-6-10(11)17/h2-5,12H,6H2,1H3,(H2,11,17)(H,13,14). The van der Waals surface area contributed by atoms with Crippen molar-refractivity contribution < 1.29 is 13.2 Å². The van der Waals surface area contributed by atoms with E-state index in [1.807, 2.05) is 0 Å². The summed E-state index contributed by atoms with van der Waals surface area (Å²) >= 11 is 4.59. The molecule has 4 N–H and O–H groups in total. The van der Waals surface area contributed by atoms with E-state index in [4.69, 9.17) is 5.73 Å². The van der Waals surface area contributed by atoms with Crippen LogP contribution >= 0.6 is 12.2 Å². The minimum Gasteiger partial charge on any atom is -0.392 e. The van der Waals surface area contributed by atoms with Crippen LogP contribution in [-0.2, 0) is 14.8 Å². The summed E-state index contributed by atoms with van der Waals surface area (Å²) in [6.45, 7) is 1.28. The lowest BCUT2D eigenvalue weighted by Crippen LogP contribution is -2.32. The van der Waals surface area contributed by atoms with Gasteiger partial charge in [0.2, 0.25) is 15.9 Å². The lowest BCUT2D eigenvalue weighted by Gasteiger charge is -2.07. The molecule has 1 aromatic rings. The molecule has 0 spiro atoms. The van der Waals surface area contributed by atoms with Gasteiger partial charge >= 0.3 is 0 Å². The summed E-state index contributed by atoms with van der Waals surface area (Å²) in [6.07, 6.45) is 0. The second-order valence-electron chi connectivity index (χ2n) is 3.50. The third-order valence-corrected chi connectivity index (χ3v) is 3.48. The van der Waals surface area contributed by atoms with Gasteiger partial charge in [-0.25, -0.2) is 13.1 Å². The van der Waals surface area contributed by atoms with Crippen molar-refractivity contribution in [1.29, 1.82) is 0 Å². The van der Waals surface area contributed by atoms with Gasteiger partial charge < -0.3 is 11.1 Å². The van der Waals surface area contributed by atoms with Crippen LogP contribution in [0.5, 0.6) is 0 Å². The third-order valence-electron chi connectivity index (χ3n) is 1.92. The van der Waals surface area contributed by atoms with Crippen LogP contribution in [0.15, 0.2) is 29.2 Å². The smallest absolute Gasteiger partial charge is 0.240 e. The molecule has 6 nitrogen and oxygen atoms in total. The monoisotopic (exact) mass is 287 g/mol. The first-order chi connectivity index (χ1) is 8.31. The minimum atomic E-state index is -3.63. The molecular weight excluding hydrogens is 274 g/mol. The Hall–Kier alpha value is -1.51. The number of rotatable bonds is 5. The zero-order chi connectivity index (χ0) is 13.8. The number of anilines is 1. The van der Waals surface area contributed by atoms with Crippen molar-refractivity contribution in [3.63, 3.8) is 0 Å². The number of hydrogen-bond acceptors (Lipinski definition) is 4. The van der Waals surface area contributed by atoms with Gasteiger partial charge in [-0.2, -0.15) is 0 Å². The number of nitrogens with two attached hydrogens (primary N) is 1. The third kappa shape index (κ3) is 4.40. The first-order valence-electron chi connectivity index (χ1n) is 4.97. The Kier molecular flexibility index (Phi) is 4.76. The van der Waals surface area contributed by atoms with Crippen LogP contribution in [0.3, 0.4) is 0 Å². The van der Waals surface area contributed by atoms with Crippen molar-refractivity contribution >= 4 is 38.8 Å². The number of carbonyl (C=O) groups is 1. The van der Waals surface area contributed by atoms with E-state index in [2.05, 4.69) is 22.3 Å². The van der Waals surface area contributed by atoms with E-state index in [9.17, 15) is 13.2 Å². The summed E-state index contributed by atoms with van der Waals surface area (Å²) in [7, 11) is -3.63. The molecule has 0 atom stereocenters. The summed E-state index contributed by atoms with van der Waals surface area (Å²) < 4.78 is 25.8. The fourth-order valence-electron chi connectivity index (χ4n) is 1.17. The van der Waals surface area contributed by atoms with Gasteiger partial charge in [0.15, 0.2) is 0 Å². The predicted octanol–water partition coefficient (Wildman–Crippen LogP) is 0.209. The molecule has 0 aliphatic heterocycles. The van der Waals surface area contributed by atoms with E-state index < -0.39 is 10.0 Å². The average molecular weight is 287 g/mol. The van der Waals surface area contributed by atoms with Crippen molar-refractivity contribution in [3.05, 3.63) is 24.3 Å². The average Bonchev–Trinajstić information content (AvgIpc) is 2.26. The number of amides is 1. The highest BCUT2D eigenvalue weighted by Crippen LogP contribution is 2.13. The van der Waals surface area contributed by atoms with Gasteiger partial charge in [0, 0.05) is 12.6 Å². The van der Waals surface area contributed by atoms with Crippen LogP contribution in [0.4, 0.5) is 5.69 Å². The van der Waals surface area contributed by atoms with Crippen molar-refractivity contribution in [2.24, 2.45) is 5.73 Å². The van der Waals surface area contributed by atoms with Gasteiger partial charge in [-0.15, -0.1) is 0 Å². The molecule has 0 aliphatic rings. The highest BCUT2D eigenvalue weighted by Gasteiger charge is 2.13. The molecule has 0 saturated heterocycles. The molecule has 98 valence electrons. The molecule has 18 heavy (non-hydrogen) atoms. The molecule has 0 saturated carbocycles. The van der Waals surface area contributed by atoms with Crippen LogP contribution < -0.4 is 15.8 Å². The molecule has 0 aromatic heterocycles. The second-order valence-corrected chi connectivity index (χ2v) is 5.79. The molecule has 0 aliphatic carbocycles. The van der Waals surface area contributed by atoms with Crippen LogP contribution in [0.1, 0.15) is 6.92 Å². The van der Waals surface area contributed by atoms with Crippen molar-refractivity contribution in [2.75, 3.05) is 11.9 Å². The maximum absolute atomic E-state index is 11.8. The van der Waals surface area contributed by atoms with Crippen LogP contribution in [0, 0.1) is 0 Å². The second kappa shape index (κ2) is 5.89. The summed E-state index contributed by atoms with van der Waals surface area (Å²) in [5, 5.41) is 2.54. The zero-order valence-electron chi connectivity index (χ0n) is 9.64. The molecule has 0 fully saturated rings. The largest absolute Gasteiger partial charge is 0.392 e. The molecule has 0 unspecified atom stereocenters. The van der Waals surface area contributed by atoms with Crippen molar-refractivity contribution in [3.8, 4) is 0 Å². The van der Waals surface area contributed by atoms with E-state index in [1.54, 1.807) is 0 Å². The highest BCUT2D eigenvalue weighted by molar-refractivity contribution is 7.89. The Morgan fingerprint density at radius 1 is 1.33 bits per heavy atom. The highest BCUT2D eigenvalue weighted by atomic mass is 32.2. The predicted molar refractivity (Wildman–Crippen MR) is 72.7 cm³/mol. The SMILES string of the molecule is CC(=O)Nc1ccc(S(=O)(=O)NCC(N)=S)cc1. The summed E-state index contributed by atoms with van der Waals surface area (Å²) in [5.74, 6) is -0.225. The Bertz CT molecular complexity index is 552. The van der Waals surface area contributed by atoms with E-state index >= 15 is 0 Å². The maximum atomic E-state index is 11.8. The van der Waals surface area contributed by atoms with Crippen LogP contribution in [0.25, 0.3) is 0 Å². The van der Waals surface area contributed by atoms with Gasteiger partial charge in [-0.3, -0.25) is 4.79 Å². The molecule has 0 radical (unpaired) electrons. The summed E-state index contributed by atoms with van der Waals surface area (Å²) in [4.78, 5) is 10.9. The van der Waals surface area contributed by atoms with Gasteiger partial charge in [-0.05, 0) is 24.3 Å². The van der Waals surface area contributed by atoms with Gasteiger partial charge in [0.25, 0.3) is 0 Å². The fraction of sp³-hybridized carbons (Fsp3) is 0.200. The molecule has 0 heterocycles. The molecule has 0 bridgehead atoms. The summed E-state index contributed by atoms with van der Waals surface area (Å²) in [5.41, 5.74) is 5.74. The molecule has 1 rings (SSSR count). The van der Waals surface area contributed by atoms with Crippen molar-refractivity contribution in [1.82, 2.24) is 4.72 Å². The molecular formula is C10H13N3O3S2. The Morgan fingerprint density at radius 3 is 2.33 bits per heavy atom. The van der Waals surface area contributed by atoms with Gasteiger partial charge in [0.05, 0.1) is 16.4 Å². The first-order valence-corrected chi connectivity index (χ1v) is 6.86. The number of benzene rings is 1. The first kappa shape index (κ1) is 14.6. The quantitative estimate of drug-likeness (QED) is 0.672. The number of nitrogens with one attached hydrogen (secondary N) is 2. The number of carbonyl (C=O) groups excluding carboxylic acids is 1. The number of sulfonamides is 1. The lowest BCUT2D eigenvalue weighted by molar-refractivity contribution is -0.114. The number of hydrogen-bond donors (Lipinski definition) is 3. The Balaban J connectivity index is 2.84. The molecule has 1 aromatic carbocycles. The minimum absolute atomic E-state index is 0.0634. The van der Waals surface area contributed by atoms with Gasteiger partial charge in [-0.1, -0.05) is 12.2 Å². The molecule has 8 heteroatoms.